The highest BCUT2D eigenvalue weighted by Crippen LogP contribution is 2.23. The Hall–Kier alpha value is -2.15. The van der Waals surface area contributed by atoms with Crippen molar-refractivity contribution in [1.82, 2.24) is 10.2 Å². The third kappa shape index (κ3) is 4.03. The van der Waals surface area contributed by atoms with Crippen LogP contribution in [0.5, 0.6) is 0 Å². The average molecular weight is 354 g/mol. The van der Waals surface area contributed by atoms with Crippen molar-refractivity contribution in [2.75, 3.05) is 13.1 Å². The second kappa shape index (κ2) is 7.61. The van der Waals surface area contributed by atoms with Crippen molar-refractivity contribution < 1.29 is 14.5 Å². The van der Waals surface area contributed by atoms with Crippen LogP contribution in [0.25, 0.3) is 0 Å². The van der Waals surface area contributed by atoms with Crippen molar-refractivity contribution in [1.29, 1.82) is 0 Å². The van der Waals surface area contributed by atoms with Gasteiger partial charge in [0, 0.05) is 25.2 Å². The van der Waals surface area contributed by atoms with E-state index in [0.717, 1.165) is 18.9 Å². The lowest BCUT2D eigenvalue weighted by Gasteiger charge is -2.26. The van der Waals surface area contributed by atoms with Crippen LogP contribution in [0.3, 0.4) is 0 Å². The maximum atomic E-state index is 12.6. The highest BCUT2D eigenvalue weighted by atomic mass is 35.5. The van der Waals surface area contributed by atoms with Crippen LogP contribution in [0.4, 0.5) is 5.69 Å². The van der Waals surface area contributed by atoms with Crippen LogP contribution < -0.4 is 5.32 Å². The van der Waals surface area contributed by atoms with E-state index in [-0.39, 0.29) is 28.1 Å². The number of carbonyl (C=O) groups is 2. The van der Waals surface area contributed by atoms with Gasteiger partial charge >= 0.3 is 0 Å². The third-order valence-corrected chi connectivity index (χ3v) is 4.36. The first-order chi connectivity index (χ1) is 11.3. The summed E-state index contributed by atoms with van der Waals surface area (Å²) in [6.07, 6.45) is 1.94. The zero-order chi connectivity index (χ0) is 17.9. The van der Waals surface area contributed by atoms with E-state index < -0.39 is 16.9 Å². The van der Waals surface area contributed by atoms with E-state index in [1.54, 1.807) is 4.90 Å². The Morgan fingerprint density at radius 1 is 1.29 bits per heavy atom. The number of non-ortho nitro benzene ring substituents is 1. The van der Waals surface area contributed by atoms with Gasteiger partial charge in [-0.1, -0.05) is 25.4 Å². The molecule has 0 saturated carbocycles. The van der Waals surface area contributed by atoms with Crippen molar-refractivity contribution in [3.05, 3.63) is 38.9 Å². The van der Waals surface area contributed by atoms with Crippen molar-refractivity contribution in [3.8, 4) is 0 Å². The second-order valence-corrected chi connectivity index (χ2v) is 6.56. The van der Waals surface area contributed by atoms with Crippen LogP contribution in [0, 0.1) is 16.0 Å². The first-order valence-corrected chi connectivity index (χ1v) is 8.22. The number of amides is 2. The Morgan fingerprint density at radius 2 is 1.92 bits per heavy atom. The first-order valence-electron chi connectivity index (χ1n) is 7.85. The topological polar surface area (TPSA) is 92.5 Å². The van der Waals surface area contributed by atoms with Gasteiger partial charge in [0.1, 0.15) is 6.04 Å². The maximum absolute atomic E-state index is 12.6. The van der Waals surface area contributed by atoms with Gasteiger partial charge < -0.3 is 10.2 Å². The zero-order valence-corrected chi connectivity index (χ0v) is 14.4. The number of nitrogens with one attached hydrogen (secondary N) is 1. The molecule has 0 aromatic heterocycles. The van der Waals surface area contributed by atoms with Gasteiger partial charge in [-0.15, -0.1) is 0 Å². The van der Waals surface area contributed by atoms with Gasteiger partial charge in [0.05, 0.1) is 15.5 Å². The number of hydrogen-bond acceptors (Lipinski definition) is 4. The Balaban J connectivity index is 2.16. The Bertz CT molecular complexity index is 657. The van der Waals surface area contributed by atoms with E-state index >= 15 is 0 Å². The minimum Gasteiger partial charge on any atom is -0.341 e. The van der Waals surface area contributed by atoms with Gasteiger partial charge in [0.2, 0.25) is 5.91 Å². The van der Waals surface area contributed by atoms with Gasteiger partial charge in [-0.2, -0.15) is 0 Å². The van der Waals surface area contributed by atoms with Crippen LogP contribution in [-0.4, -0.2) is 40.8 Å². The molecule has 2 rings (SSSR count). The molecule has 24 heavy (non-hydrogen) atoms. The molecule has 0 bridgehead atoms. The molecule has 1 N–H and O–H groups in total. The fourth-order valence-electron chi connectivity index (χ4n) is 2.67. The predicted molar refractivity (Wildman–Crippen MR) is 90.0 cm³/mol. The quantitative estimate of drug-likeness (QED) is 0.650. The number of nitrogens with zero attached hydrogens (tertiary/aromatic N) is 2. The van der Waals surface area contributed by atoms with Crippen molar-refractivity contribution in [3.63, 3.8) is 0 Å². The highest BCUT2D eigenvalue weighted by molar-refractivity contribution is 6.34. The molecule has 1 heterocycles. The molecule has 1 atom stereocenters. The molecule has 2 amide bonds. The SMILES string of the molecule is CC(C)[C@H](NC(=O)c1ccc([N+](=O)[O-])cc1Cl)C(=O)N1CCCC1. The highest BCUT2D eigenvalue weighted by Gasteiger charge is 2.30. The summed E-state index contributed by atoms with van der Waals surface area (Å²) < 4.78 is 0. The molecule has 7 nitrogen and oxygen atoms in total. The van der Waals surface area contributed by atoms with Gasteiger partial charge in [-0.3, -0.25) is 19.7 Å². The Morgan fingerprint density at radius 3 is 2.42 bits per heavy atom. The summed E-state index contributed by atoms with van der Waals surface area (Å²) in [4.78, 5) is 36.9. The average Bonchev–Trinajstić information content (AvgIpc) is 3.05. The van der Waals surface area contributed by atoms with E-state index in [4.69, 9.17) is 11.6 Å². The summed E-state index contributed by atoms with van der Waals surface area (Å²) in [7, 11) is 0. The maximum Gasteiger partial charge on any atom is 0.270 e. The lowest BCUT2D eigenvalue weighted by atomic mass is 10.0. The fraction of sp³-hybridized carbons (Fsp3) is 0.500. The van der Waals surface area contributed by atoms with E-state index in [1.165, 1.54) is 12.1 Å². The number of rotatable bonds is 5. The summed E-state index contributed by atoms with van der Waals surface area (Å²) in [6.45, 7) is 5.12. The van der Waals surface area contributed by atoms with Crippen molar-refractivity contribution in [2.45, 2.75) is 32.7 Å². The lowest BCUT2D eigenvalue weighted by Crippen LogP contribution is -2.50. The van der Waals surface area contributed by atoms with Crippen molar-refractivity contribution >= 4 is 29.1 Å². The molecule has 130 valence electrons. The molecule has 0 aliphatic carbocycles. The normalized spacial score (nSPS) is 15.4. The molecule has 0 spiro atoms. The van der Waals surface area contributed by atoms with Gasteiger partial charge in [0.25, 0.3) is 11.6 Å². The molecule has 0 unspecified atom stereocenters. The van der Waals surface area contributed by atoms with Crippen LogP contribution in [0.15, 0.2) is 18.2 Å². The van der Waals surface area contributed by atoms with Crippen LogP contribution in [0.1, 0.15) is 37.0 Å². The van der Waals surface area contributed by atoms with Crippen LogP contribution >= 0.6 is 11.6 Å². The number of halogens is 1. The van der Waals surface area contributed by atoms with Crippen molar-refractivity contribution in [2.24, 2.45) is 5.92 Å². The van der Waals surface area contributed by atoms with Crippen LogP contribution in [-0.2, 0) is 4.79 Å². The summed E-state index contributed by atoms with van der Waals surface area (Å²) in [5, 5.41) is 13.4. The first kappa shape index (κ1) is 18.2. The molecule has 8 heteroatoms. The summed E-state index contributed by atoms with van der Waals surface area (Å²) in [5.74, 6) is -0.700. The molecule has 0 radical (unpaired) electrons. The summed E-state index contributed by atoms with van der Waals surface area (Å²) >= 11 is 5.98. The number of nitro groups is 1. The Kier molecular flexibility index (Phi) is 5.77. The third-order valence-electron chi connectivity index (χ3n) is 4.05. The van der Waals surface area contributed by atoms with Gasteiger partial charge in [-0.05, 0) is 24.8 Å². The number of benzene rings is 1. The van der Waals surface area contributed by atoms with E-state index in [1.807, 2.05) is 13.8 Å². The lowest BCUT2D eigenvalue weighted by molar-refractivity contribution is -0.384. The minimum absolute atomic E-state index is 0.0159. The van der Waals surface area contributed by atoms with E-state index in [0.29, 0.717) is 13.1 Å². The van der Waals surface area contributed by atoms with Crippen LogP contribution in [0.2, 0.25) is 5.02 Å². The Labute approximate surface area is 145 Å². The molecule has 1 saturated heterocycles. The molecule has 1 aromatic rings. The summed E-state index contributed by atoms with van der Waals surface area (Å²) in [6, 6.07) is 2.99. The minimum atomic E-state index is -0.651. The summed E-state index contributed by atoms with van der Waals surface area (Å²) in [5.41, 5.74) is -0.0766. The van der Waals surface area contributed by atoms with Gasteiger partial charge in [0.15, 0.2) is 0 Å². The molecule has 1 aliphatic heterocycles. The predicted octanol–water partition coefficient (Wildman–Crippen LogP) is 2.63. The molecule has 1 aliphatic rings. The number of hydrogen-bond donors (Lipinski definition) is 1. The van der Waals surface area contributed by atoms with E-state index in [9.17, 15) is 19.7 Å². The standard InChI is InChI=1S/C16H20ClN3O4/c1-10(2)14(16(22)19-7-3-4-8-19)18-15(21)12-6-5-11(20(23)24)9-13(12)17/h5-6,9-10,14H,3-4,7-8H2,1-2H3,(H,18,21)/t14-/m0/s1. The van der Waals surface area contributed by atoms with E-state index in [2.05, 4.69) is 5.32 Å². The molecular weight excluding hydrogens is 334 g/mol. The monoisotopic (exact) mass is 353 g/mol. The smallest absolute Gasteiger partial charge is 0.270 e. The number of carbonyl (C=O) groups excluding carboxylic acids is 2. The second-order valence-electron chi connectivity index (χ2n) is 6.15. The number of nitro benzene ring substituents is 1. The molecular formula is C16H20ClN3O4. The number of likely N-dealkylation sites (tertiary alicyclic amines) is 1. The fourth-order valence-corrected chi connectivity index (χ4v) is 2.93. The molecule has 1 aromatic carbocycles. The largest absolute Gasteiger partial charge is 0.341 e. The molecule has 1 fully saturated rings. The zero-order valence-electron chi connectivity index (χ0n) is 13.6. The van der Waals surface area contributed by atoms with Gasteiger partial charge in [-0.25, -0.2) is 0 Å².